The number of rotatable bonds is 3. The van der Waals surface area contributed by atoms with Gasteiger partial charge in [-0.15, -0.1) is 0 Å². The molecule has 6 heteroatoms. The molecular weight excluding hydrogens is 272 g/mol. The fourth-order valence-electron chi connectivity index (χ4n) is 2.44. The smallest absolute Gasteiger partial charge is 0.326 e. The van der Waals surface area contributed by atoms with Crippen LogP contribution < -0.4 is 5.32 Å². The summed E-state index contributed by atoms with van der Waals surface area (Å²) in [6, 6.07) is 5.96. The number of aliphatic hydroxyl groups excluding tert-OH is 1. The van der Waals surface area contributed by atoms with Crippen LogP contribution in [0, 0.1) is 0 Å². The van der Waals surface area contributed by atoms with Gasteiger partial charge in [-0.05, 0) is 23.6 Å². The Morgan fingerprint density at radius 1 is 1.38 bits per heavy atom. The lowest BCUT2D eigenvalue weighted by Gasteiger charge is -2.21. The number of β-amino-alcohol motifs (C(OH)–C–C–N with tert-alkyl or cyclic N) is 1. The molecule has 0 aliphatic carbocycles. The number of nitrogens with zero attached hydrogens (tertiary/aromatic N) is 1. The van der Waals surface area contributed by atoms with E-state index in [2.05, 4.69) is 19.2 Å². The van der Waals surface area contributed by atoms with E-state index < -0.39 is 24.1 Å². The minimum Gasteiger partial charge on any atom is -0.480 e. The van der Waals surface area contributed by atoms with Crippen LogP contribution in [-0.4, -0.2) is 45.8 Å². The van der Waals surface area contributed by atoms with Crippen molar-refractivity contribution < 1.29 is 19.8 Å². The maximum atomic E-state index is 12.2. The number of carboxylic acid groups (broad SMARTS) is 1. The Bertz CT molecular complexity index is 544. The summed E-state index contributed by atoms with van der Waals surface area (Å²) in [5.41, 5.74) is 1.71. The average molecular weight is 292 g/mol. The van der Waals surface area contributed by atoms with Crippen LogP contribution in [-0.2, 0) is 4.79 Å². The average Bonchev–Trinajstić information content (AvgIpc) is 2.81. The van der Waals surface area contributed by atoms with Crippen LogP contribution in [0.4, 0.5) is 10.5 Å². The zero-order valence-electron chi connectivity index (χ0n) is 12.1. The number of likely N-dealkylation sites (tertiary alicyclic amines) is 1. The normalized spacial score (nSPS) is 21.6. The summed E-state index contributed by atoms with van der Waals surface area (Å²) >= 11 is 0. The van der Waals surface area contributed by atoms with E-state index in [-0.39, 0.29) is 13.0 Å². The SMILES string of the molecule is CC(C)c1cccc(NC(=O)N2C[C@H](O)C[C@H]2C(=O)O)c1. The molecule has 1 saturated heterocycles. The third kappa shape index (κ3) is 3.52. The number of benzene rings is 1. The first kappa shape index (κ1) is 15.3. The van der Waals surface area contributed by atoms with Crippen LogP contribution >= 0.6 is 0 Å². The standard InChI is InChI=1S/C15H20N2O4/c1-9(2)10-4-3-5-11(6-10)16-15(21)17-8-12(18)7-13(17)14(19)20/h3-6,9,12-13,18H,7-8H2,1-2H3,(H,16,21)(H,19,20)/t12-,13+/m1/s1. The van der Waals surface area contributed by atoms with E-state index in [0.717, 1.165) is 10.5 Å². The van der Waals surface area contributed by atoms with Gasteiger partial charge in [0.15, 0.2) is 0 Å². The molecule has 0 bridgehead atoms. The lowest BCUT2D eigenvalue weighted by Crippen LogP contribution is -2.43. The van der Waals surface area contributed by atoms with Gasteiger partial charge in [0.2, 0.25) is 0 Å². The molecule has 6 nitrogen and oxygen atoms in total. The van der Waals surface area contributed by atoms with Crippen LogP contribution in [0.25, 0.3) is 0 Å². The fraction of sp³-hybridized carbons (Fsp3) is 0.467. The van der Waals surface area contributed by atoms with Crippen molar-refractivity contribution in [3.05, 3.63) is 29.8 Å². The first-order valence-corrected chi connectivity index (χ1v) is 6.97. The molecule has 3 N–H and O–H groups in total. The fourth-order valence-corrected chi connectivity index (χ4v) is 2.44. The molecule has 2 atom stereocenters. The lowest BCUT2D eigenvalue weighted by atomic mass is 10.0. The van der Waals surface area contributed by atoms with E-state index in [1.54, 1.807) is 6.07 Å². The highest BCUT2D eigenvalue weighted by molar-refractivity contribution is 5.92. The largest absolute Gasteiger partial charge is 0.480 e. The first-order valence-electron chi connectivity index (χ1n) is 6.97. The van der Waals surface area contributed by atoms with E-state index in [9.17, 15) is 14.7 Å². The quantitative estimate of drug-likeness (QED) is 0.793. The molecule has 1 aromatic rings. The summed E-state index contributed by atoms with van der Waals surface area (Å²) in [6.07, 6.45) is -0.728. The zero-order chi connectivity index (χ0) is 15.6. The lowest BCUT2D eigenvalue weighted by molar-refractivity contribution is -0.141. The van der Waals surface area contributed by atoms with Crippen molar-refractivity contribution in [2.24, 2.45) is 0 Å². The van der Waals surface area contributed by atoms with Gasteiger partial charge in [0.25, 0.3) is 0 Å². The van der Waals surface area contributed by atoms with Crippen LogP contribution in [0.15, 0.2) is 24.3 Å². The zero-order valence-corrected chi connectivity index (χ0v) is 12.1. The van der Waals surface area contributed by atoms with Crippen molar-refractivity contribution in [1.82, 2.24) is 4.90 Å². The van der Waals surface area contributed by atoms with E-state index in [1.165, 1.54) is 0 Å². The Morgan fingerprint density at radius 3 is 2.71 bits per heavy atom. The molecule has 1 aromatic carbocycles. The molecular formula is C15H20N2O4. The third-order valence-corrected chi connectivity index (χ3v) is 3.63. The van der Waals surface area contributed by atoms with E-state index in [1.807, 2.05) is 18.2 Å². The second kappa shape index (κ2) is 6.13. The molecule has 2 amide bonds. The van der Waals surface area contributed by atoms with E-state index >= 15 is 0 Å². The number of hydrogen-bond donors (Lipinski definition) is 3. The van der Waals surface area contributed by atoms with Crippen LogP contribution in [0.5, 0.6) is 0 Å². The van der Waals surface area contributed by atoms with Crippen LogP contribution in [0.3, 0.4) is 0 Å². The molecule has 0 radical (unpaired) electrons. The molecule has 0 saturated carbocycles. The summed E-state index contributed by atoms with van der Waals surface area (Å²) in [6.45, 7) is 4.14. The van der Waals surface area contributed by atoms with Crippen molar-refractivity contribution in [3.63, 3.8) is 0 Å². The maximum Gasteiger partial charge on any atom is 0.326 e. The highest BCUT2D eigenvalue weighted by Gasteiger charge is 2.38. The molecule has 1 fully saturated rings. The van der Waals surface area contributed by atoms with Gasteiger partial charge in [-0.25, -0.2) is 9.59 Å². The summed E-state index contributed by atoms with van der Waals surface area (Å²) < 4.78 is 0. The van der Waals surface area contributed by atoms with Crippen molar-refractivity contribution >= 4 is 17.7 Å². The Kier molecular flexibility index (Phi) is 4.47. The monoisotopic (exact) mass is 292 g/mol. The van der Waals surface area contributed by atoms with Crippen molar-refractivity contribution in [1.29, 1.82) is 0 Å². The second-order valence-electron chi connectivity index (χ2n) is 5.61. The molecule has 21 heavy (non-hydrogen) atoms. The minimum absolute atomic E-state index is 0.0344. The molecule has 1 aliphatic heterocycles. The highest BCUT2D eigenvalue weighted by Crippen LogP contribution is 2.22. The molecule has 0 unspecified atom stereocenters. The summed E-state index contributed by atoms with van der Waals surface area (Å²) in [4.78, 5) is 24.5. The van der Waals surface area contributed by atoms with Gasteiger partial charge in [0, 0.05) is 18.7 Å². The third-order valence-electron chi connectivity index (χ3n) is 3.63. The molecule has 114 valence electrons. The Hall–Kier alpha value is -2.08. The molecule has 0 aromatic heterocycles. The number of aliphatic carboxylic acids is 1. The maximum absolute atomic E-state index is 12.2. The number of carboxylic acids is 1. The predicted molar refractivity (Wildman–Crippen MR) is 78.3 cm³/mol. The van der Waals surface area contributed by atoms with Gasteiger partial charge in [-0.2, -0.15) is 0 Å². The molecule has 1 heterocycles. The number of urea groups is 1. The number of amides is 2. The predicted octanol–water partition coefficient (Wildman–Crippen LogP) is 1.86. The molecule has 1 aliphatic rings. The summed E-state index contributed by atoms with van der Waals surface area (Å²) in [5.74, 6) is -0.764. The van der Waals surface area contributed by atoms with Crippen molar-refractivity contribution in [2.45, 2.75) is 38.3 Å². The van der Waals surface area contributed by atoms with Gasteiger partial charge in [0.1, 0.15) is 6.04 Å². The van der Waals surface area contributed by atoms with Crippen molar-refractivity contribution in [2.75, 3.05) is 11.9 Å². The Balaban J connectivity index is 2.10. The number of anilines is 1. The molecule has 0 spiro atoms. The number of carbonyl (C=O) groups excluding carboxylic acids is 1. The van der Waals surface area contributed by atoms with Crippen LogP contribution in [0.1, 0.15) is 31.7 Å². The molecule has 2 rings (SSSR count). The van der Waals surface area contributed by atoms with Crippen molar-refractivity contribution in [3.8, 4) is 0 Å². The summed E-state index contributed by atoms with van der Waals surface area (Å²) in [5, 5.41) is 21.4. The Morgan fingerprint density at radius 2 is 2.10 bits per heavy atom. The van der Waals surface area contributed by atoms with Gasteiger partial charge in [-0.3, -0.25) is 0 Å². The van der Waals surface area contributed by atoms with Gasteiger partial charge in [-0.1, -0.05) is 26.0 Å². The van der Waals surface area contributed by atoms with Crippen LogP contribution in [0.2, 0.25) is 0 Å². The number of aliphatic hydroxyl groups is 1. The van der Waals surface area contributed by atoms with Gasteiger partial charge in [0.05, 0.1) is 6.10 Å². The van der Waals surface area contributed by atoms with Gasteiger partial charge < -0.3 is 20.4 Å². The second-order valence-corrected chi connectivity index (χ2v) is 5.61. The van der Waals surface area contributed by atoms with Gasteiger partial charge >= 0.3 is 12.0 Å². The summed E-state index contributed by atoms with van der Waals surface area (Å²) in [7, 11) is 0. The number of hydrogen-bond acceptors (Lipinski definition) is 3. The van der Waals surface area contributed by atoms with E-state index in [4.69, 9.17) is 5.11 Å². The number of nitrogens with one attached hydrogen (secondary N) is 1. The topological polar surface area (TPSA) is 89.9 Å². The first-order chi connectivity index (χ1) is 9.88. The van der Waals surface area contributed by atoms with E-state index in [0.29, 0.717) is 11.6 Å². The number of carbonyl (C=O) groups is 2. The minimum atomic E-state index is -1.10. The Labute approximate surface area is 123 Å². The highest BCUT2D eigenvalue weighted by atomic mass is 16.4.